The Kier molecular flexibility index (Phi) is 5.44. The number of thiazole rings is 1. The lowest BCUT2D eigenvalue weighted by molar-refractivity contribution is -0.160. The molecule has 1 aromatic rings. The molecule has 9 heteroatoms. The summed E-state index contributed by atoms with van der Waals surface area (Å²) in [5.41, 5.74) is 4.76. The quantitative estimate of drug-likeness (QED) is 0.490. The zero-order valence-corrected chi connectivity index (χ0v) is 12.1. The van der Waals surface area contributed by atoms with Crippen molar-refractivity contribution >= 4 is 34.6 Å². The lowest BCUT2D eigenvalue weighted by Gasteiger charge is -2.18. The van der Waals surface area contributed by atoms with Gasteiger partial charge in [-0.15, -0.1) is 11.3 Å². The third kappa shape index (κ3) is 6.69. The van der Waals surface area contributed by atoms with Crippen LogP contribution in [0.4, 0.5) is 5.13 Å². The van der Waals surface area contributed by atoms with Gasteiger partial charge in [0.2, 0.25) is 12.5 Å². The van der Waals surface area contributed by atoms with Crippen molar-refractivity contribution in [1.82, 2.24) is 4.98 Å². The standard InChI is InChI=1S/C11H15N3O5S/c1-11(2,3)19-9(16)5-17-13-4-8(15)18-7-6-20-10(12)14-7/h4,6H,5H2,1-3H3,(H2,12,14)/b13-4-. The van der Waals surface area contributed by atoms with Crippen molar-refractivity contribution in [2.24, 2.45) is 5.16 Å². The lowest BCUT2D eigenvalue weighted by atomic mass is 10.2. The van der Waals surface area contributed by atoms with Crippen LogP contribution in [0.15, 0.2) is 10.5 Å². The highest BCUT2D eigenvalue weighted by molar-refractivity contribution is 7.13. The van der Waals surface area contributed by atoms with Crippen LogP contribution in [0.25, 0.3) is 0 Å². The van der Waals surface area contributed by atoms with E-state index < -0.39 is 24.1 Å². The number of oxime groups is 1. The van der Waals surface area contributed by atoms with Gasteiger partial charge in [0.15, 0.2) is 11.3 Å². The minimum atomic E-state index is -0.792. The average Bonchev–Trinajstić information content (AvgIpc) is 2.68. The van der Waals surface area contributed by atoms with Crippen molar-refractivity contribution in [3.63, 3.8) is 0 Å². The molecular formula is C11H15N3O5S. The molecule has 0 saturated heterocycles. The van der Waals surface area contributed by atoms with Crippen LogP contribution in [0.2, 0.25) is 0 Å². The number of aromatic nitrogens is 1. The normalized spacial score (nSPS) is 11.3. The maximum Gasteiger partial charge on any atom is 0.359 e. The number of carbonyl (C=O) groups is 2. The first-order chi connectivity index (χ1) is 9.26. The first-order valence-corrected chi connectivity index (χ1v) is 6.44. The molecule has 0 aliphatic heterocycles. The van der Waals surface area contributed by atoms with E-state index in [2.05, 4.69) is 15.0 Å². The molecule has 1 heterocycles. The van der Waals surface area contributed by atoms with E-state index in [0.29, 0.717) is 0 Å². The third-order valence-electron chi connectivity index (χ3n) is 1.54. The summed E-state index contributed by atoms with van der Waals surface area (Å²) in [6.45, 7) is 4.78. The molecule has 0 radical (unpaired) electrons. The monoisotopic (exact) mass is 301 g/mol. The van der Waals surface area contributed by atoms with Crippen LogP contribution in [-0.4, -0.2) is 35.3 Å². The molecule has 0 saturated carbocycles. The third-order valence-corrected chi connectivity index (χ3v) is 2.19. The first kappa shape index (κ1) is 15.9. The van der Waals surface area contributed by atoms with E-state index in [0.717, 1.165) is 17.6 Å². The largest absolute Gasteiger partial charge is 0.457 e. The number of hydrogen-bond donors (Lipinski definition) is 1. The number of rotatable bonds is 5. The highest BCUT2D eigenvalue weighted by atomic mass is 32.1. The smallest absolute Gasteiger partial charge is 0.359 e. The Labute approximate surface area is 119 Å². The van der Waals surface area contributed by atoms with Crippen LogP contribution in [0, 0.1) is 0 Å². The summed E-state index contributed by atoms with van der Waals surface area (Å²) in [6, 6.07) is 0. The second kappa shape index (κ2) is 6.85. The SMILES string of the molecule is CC(C)(C)OC(=O)CO/N=C\C(=O)Oc1csc(N)n1. The molecular weight excluding hydrogens is 286 g/mol. The molecule has 0 amide bonds. The van der Waals surface area contributed by atoms with E-state index in [4.69, 9.17) is 15.2 Å². The van der Waals surface area contributed by atoms with Crippen molar-refractivity contribution < 1.29 is 23.9 Å². The summed E-state index contributed by atoms with van der Waals surface area (Å²) in [5, 5.41) is 5.05. The molecule has 0 aromatic carbocycles. The number of nitrogen functional groups attached to an aromatic ring is 1. The van der Waals surface area contributed by atoms with Crippen LogP contribution in [0.1, 0.15) is 20.8 Å². The van der Waals surface area contributed by atoms with Gasteiger partial charge in [0, 0.05) is 0 Å². The zero-order chi connectivity index (χ0) is 15.2. The molecule has 0 fully saturated rings. The van der Waals surface area contributed by atoms with Crippen LogP contribution >= 0.6 is 11.3 Å². The Hall–Kier alpha value is -2.16. The lowest BCUT2D eigenvalue weighted by Crippen LogP contribution is -2.26. The first-order valence-electron chi connectivity index (χ1n) is 5.56. The summed E-state index contributed by atoms with van der Waals surface area (Å²) in [6.07, 6.45) is 0.778. The number of carbonyl (C=O) groups excluding carboxylic acids is 2. The molecule has 0 aliphatic carbocycles. The van der Waals surface area contributed by atoms with Gasteiger partial charge in [0.05, 0.1) is 5.38 Å². The molecule has 1 aromatic heterocycles. The van der Waals surface area contributed by atoms with Gasteiger partial charge >= 0.3 is 11.9 Å². The summed E-state index contributed by atoms with van der Waals surface area (Å²) >= 11 is 1.14. The van der Waals surface area contributed by atoms with Gasteiger partial charge in [-0.25, -0.2) is 9.59 Å². The van der Waals surface area contributed by atoms with E-state index in [1.807, 2.05) is 0 Å². The molecule has 2 N–H and O–H groups in total. The summed E-state index contributed by atoms with van der Waals surface area (Å²) in [5.74, 6) is -1.30. The van der Waals surface area contributed by atoms with E-state index in [1.165, 1.54) is 5.38 Å². The predicted octanol–water partition coefficient (Wildman–Crippen LogP) is 0.975. The molecule has 0 bridgehead atoms. The van der Waals surface area contributed by atoms with Crippen molar-refractivity contribution in [3.05, 3.63) is 5.38 Å². The Morgan fingerprint density at radius 1 is 1.50 bits per heavy atom. The highest BCUT2D eigenvalue weighted by Gasteiger charge is 2.16. The van der Waals surface area contributed by atoms with E-state index in [1.54, 1.807) is 20.8 Å². The molecule has 0 aliphatic rings. The molecule has 0 atom stereocenters. The maximum atomic E-state index is 11.3. The molecule has 8 nitrogen and oxygen atoms in total. The molecule has 0 spiro atoms. The van der Waals surface area contributed by atoms with Crippen LogP contribution in [0.3, 0.4) is 0 Å². The fraction of sp³-hybridized carbons (Fsp3) is 0.455. The topological polar surface area (TPSA) is 113 Å². The minimum Gasteiger partial charge on any atom is -0.457 e. The molecule has 0 unspecified atom stereocenters. The Morgan fingerprint density at radius 2 is 2.20 bits per heavy atom. The average molecular weight is 301 g/mol. The van der Waals surface area contributed by atoms with Gasteiger partial charge in [-0.1, -0.05) is 5.16 Å². The van der Waals surface area contributed by atoms with Gasteiger partial charge in [-0.3, -0.25) is 0 Å². The number of ether oxygens (including phenoxy) is 2. The molecule has 110 valence electrons. The van der Waals surface area contributed by atoms with Crippen LogP contribution in [0.5, 0.6) is 5.88 Å². The van der Waals surface area contributed by atoms with Gasteiger partial charge in [0.25, 0.3) is 0 Å². The number of esters is 2. The molecule has 1 rings (SSSR count). The minimum absolute atomic E-state index is 0.0797. The second-order valence-electron chi connectivity index (χ2n) is 4.54. The predicted molar refractivity (Wildman–Crippen MR) is 72.5 cm³/mol. The van der Waals surface area contributed by atoms with Gasteiger partial charge in [0.1, 0.15) is 5.60 Å². The Balaban J connectivity index is 2.27. The van der Waals surface area contributed by atoms with Crippen molar-refractivity contribution in [2.75, 3.05) is 12.3 Å². The fourth-order valence-electron chi connectivity index (χ4n) is 0.990. The van der Waals surface area contributed by atoms with Crippen molar-refractivity contribution in [1.29, 1.82) is 0 Å². The van der Waals surface area contributed by atoms with Crippen molar-refractivity contribution in [2.45, 2.75) is 26.4 Å². The van der Waals surface area contributed by atoms with Crippen LogP contribution in [-0.2, 0) is 19.2 Å². The summed E-state index contributed by atoms with van der Waals surface area (Å²) in [4.78, 5) is 30.8. The van der Waals surface area contributed by atoms with Crippen LogP contribution < -0.4 is 10.5 Å². The Bertz CT molecular complexity index is 506. The Morgan fingerprint density at radius 3 is 2.75 bits per heavy atom. The van der Waals surface area contributed by atoms with Crippen molar-refractivity contribution in [3.8, 4) is 5.88 Å². The number of hydrogen-bond acceptors (Lipinski definition) is 9. The van der Waals surface area contributed by atoms with E-state index >= 15 is 0 Å². The highest BCUT2D eigenvalue weighted by Crippen LogP contribution is 2.17. The molecule has 20 heavy (non-hydrogen) atoms. The van der Waals surface area contributed by atoms with E-state index in [-0.39, 0.29) is 11.0 Å². The van der Waals surface area contributed by atoms with Gasteiger partial charge < -0.3 is 20.0 Å². The summed E-state index contributed by atoms with van der Waals surface area (Å²) < 4.78 is 9.72. The zero-order valence-electron chi connectivity index (χ0n) is 11.3. The van der Waals surface area contributed by atoms with Gasteiger partial charge in [-0.2, -0.15) is 4.98 Å². The maximum absolute atomic E-state index is 11.3. The number of nitrogens with zero attached hydrogens (tertiary/aromatic N) is 2. The number of anilines is 1. The number of nitrogens with two attached hydrogens (primary N) is 1. The van der Waals surface area contributed by atoms with Gasteiger partial charge in [-0.05, 0) is 20.8 Å². The fourth-order valence-corrected chi connectivity index (χ4v) is 1.45. The van der Waals surface area contributed by atoms with E-state index in [9.17, 15) is 9.59 Å². The summed E-state index contributed by atoms with van der Waals surface area (Å²) in [7, 11) is 0. The second-order valence-corrected chi connectivity index (χ2v) is 5.43.